The highest BCUT2D eigenvalue weighted by molar-refractivity contribution is 5.79. The number of nitrogens with zero attached hydrogens (tertiary/aromatic N) is 1. The molecule has 3 heteroatoms. The number of ketones is 1. The molecule has 0 aromatic heterocycles. The van der Waals surface area contributed by atoms with Crippen molar-refractivity contribution >= 4 is 5.78 Å². The molecule has 1 atom stereocenters. The van der Waals surface area contributed by atoms with Gasteiger partial charge in [-0.1, -0.05) is 38.3 Å². The molecule has 2 saturated carbocycles. The maximum Gasteiger partial charge on any atom is 0.133 e. The molecule has 1 aromatic carbocycles. The maximum atomic E-state index is 11.9. The molecule has 0 N–H and O–H groups in total. The van der Waals surface area contributed by atoms with Crippen LogP contribution in [0.15, 0.2) is 24.3 Å². The third-order valence-electron chi connectivity index (χ3n) is 6.98. The van der Waals surface area contributed by atoms with Gasteiger partial charge in [0.25, 0.3) is 0 Å². The summed E-state index contributed by atoms with van der Waals surface area (Å²) in [5.74, 6) is 2.13. The fourth-order valence-electron chi connectivity index (χ4n) is 5.13. The van der Waals surface area contributed by atoms with Gasteiger partial charge < -0.3 is 4.74 Å². The zero-order chi connectivity index (χ0) is 19.8. The van der Waals surface area contributed by atoms with E-state index >= 15 is 0 Å². The molecular formula is C25H35NO2. The fraction of sp³-hybridized carbons (Fsp3) is 0.680. The highest BCUT2D eigenvalue weighted by Gasteiger charge is 2.43. The minimum atomic E-state index is -0.270. The van der Waals surface area contributed by atoms with Gasteiger partial charge in [0.2, 0.25) is 0 Å². The Hall–Kier alpha value is -1.82. The van der Waals surface area contributed by atoms with Crippen LogP contribution in [-0.4, -0.2) is 12.4 Å². The molecule has 0 aliphatic heterocycles. The van der Waals surface area contributed by atoms with Crippen LogP contribution in [0.25, 0.3) is 0 Å². The quantitative estimate of drug-likeness (QED) is 0.478. The van der Waals surface area contributed by atoms with Crippen LogP contribution in [0, 0.1) is 22.7 Å². The van der Waals surface area contributed by atoms with Crippen molar-refractivity contribution in [1.29, 1.82) is 5.26 Å². The molecule has 3 rings (SSSR count). The molecule has 0 unspecified atom stereocenters. The second kappa shape index (κ2) is 10.1. The molecular weight excluding hydrogens is 346 g/mol. The summed E-state index contributed by atoms with van der Waals surface area (Å²) >= 11 is 0. The largest absolute Gasteiger partial charge is 0.494 e. The van der Waals surface area contributed by atoms with Gasteiger partial charge >= 0.3 is 0 Å². The fourth-order valence-corrected chi connectivity index (χ4v) is 5.13. The van der Waals surface area contributed by atoms with E-state index in [0.29, 0.717) is 24.5 Å². The van der Waals surface area contributed by atoms with Crippen LogP contribution >= 0.6 is 0 Å². The molecule has 0 heterocycles. The SMILES string of the molecule is CCCCCCOc1ccc(C2CCC(C#N)([C@@H]3CCCC(=O)C3)CC2)cc1. The van der Waals surface area contributed by atoms with E-state index < -0.39 is 0 Å². The number of nitriles is 1. The third-order valence-corrected chi connectivity index (χ3v) is 6.98. The highest BCUT2D eigenvalue weighted by atomic mass is 16.5. The Labute approximate surface area is 170 Å². The zero-order valence-corrected chi connectivity index (χ0v) is 17.4. The van der Waals surface area contributed by atoms with Crippen molar-refractivity contribution in [3.8, 4) is 11.8 Å². The maximum absolute atomic E-state index is 11.9. The van der Waals surface area contributed by atoms with Gasteiger partial charge in [-0.15, -0.1) is 0 Å². The first-order valence-electron chi connectivity index (χ1n) is 11.3. The molecule has 0 bridgehead atoms. The molecule has 0 amide bonds. The van der Waals surface area contributed by atoms with Gasteiger partial charge in [-0.3, -0.25) is 4.79 Å². The lowest BCUT2D eigenvalue weighted by atomic mass is 9.60. The number of ether oxygens (including phenoxy) is 1. The van der Waals surface area contributed by atoms with Crippen molar-refractivity contribution < 1.29 is 9.53 Å². The third kappa shape index (κ3) is 5.16. The average molecular weight is 382 g/mol. The van der Waals surface area contributed by atoms with E-state index in [2.05, 4.69) is 37.3 Å². The van der Waals surface area contributed by atoms with Gasteiger partial charge in [-0.25, -0.2) is 0 Å². The van der Waals surface area contributed by atoms with Crippen LogP contribution < -0.4 is 4.74 Å². The Morgan fingerprint density at radius 2 is 1.86 bits per heavy atom. The molecule has 2 aliphatic rings. The lowest BCUT2D eigenvalue weighted by Gasteiger charge is -2.42. The molecule has 0 spiro atoms. The van der Waals surface area contributed by atoms with Crippen LogP contribution in [0.5, 0.6) is 5.75 Å². The van der Waals surface area contributed by atoms with Crippen molar-refractivity contribution in [2.75, 3.05) is 6.61 Å². The predicted molar refractivity (Wildman–Crippen MR) is 112 cm³/mol. The number of rotatable bonds is 8. The first-order chi connectivity index (χ1) is 13.7. The minimum absolute atomic E-state index is 0.270. The summed E-state index contributed by atoms with van der Waals surface area (Å²) in [6, 6.07) is 11.3. The van der Waals surface area contributed by atoms with E-state index in [1.807, 2.05) is 0 Å². The normalized spacial score (nSPS) is 27.9. The summed E-state index contributed by atoms with van der Waals surface area (Å²) < 4.78 is 5.86. The summed E-state index contributed by atoms with van der Waals surface area (Å²) in [5, 5.41) is 9.93. The van der Waals surface area contributed by atoms with Crippen molar-refractivity contribution in [1.82, 2.24) is 0 Å². The van der Waals surface area contributed by atoms with Gasteiger partial charge in [-0.05, 0) is 74.5 Å². The molecule has 2 aliphatic carbocycles. The predicted octanol–water partition coefficient (Wildman–Crippen LogP) is 6.57. The van der Waals surface area contributed by atoms with Crippen molar-refractivity contribution in [3.05, 3.63) is 29.8 Å². The van der Waals surface area contributed by atoms with Crippen LogP contribution in [0.2, 0.25) is 0 Å². The van der Waals surface area contributed by atoms with E-state index in [4.69, 9.17) is 4.74 Å². The average Bonchev–Trinajstić information content (AvgIpc) is 2.74. The van der Waals surface area contributed by atoms with E-state index in [1.54, 1.807) is 0 Å². The summed E-state index contributed by atoms with van der Waals surface area (Å²) in [4.78, 5) is 11.9. The molecule has 28 heavy (non-hydrogen) atoms. The Balaban J connectivity index is 1.51. The van der Waals surface area contributed by atoms with Crippen LogP contribution in [0.3, 0.4) is 0 Å². The summed E-state index contributed by atoms with van der Waals surface area (Å²) in [7, 11) is 0. The lowest BCUT2D eigenvalue weighted by molar-refractivity contribution is -0.123. The van der Waals surface area contributed by atoms with Crippen molar-refractivity contribution in [3.63, 3.8) is 0 Å². The first-order valence-corrected chi connectivity index (χ1v) is 11.3. The molecule has 0 saturated heterocycles. The number of Topliss-reactive ketones (excluding diaryl/α,β-unsaturated/α-hetero) is 1. The van der Waals surface area contributed by atoms with E-state index in [9.17, 15) is 10.1 Å². The van der Waals surface area contributed by atoms with Gasteiger partial charge in [0.15, 0.2) is 0 Å². The smallest absolute Gasteiger partial charge is 0.133 e. The number of hydrogen-bond donors (Lipinski definition) is 0. The molecule has 0 radical (unpaired) electrons. The van der Waals surface area contributed by atoms with E-state index in [-0.39, 0.29) is 11.3 Å². The number of hydrogen-bond acceptors (Lipinski definition) is 3. The topological polar surface area (TPSA) is 50.1 Å². The number of carbonyl (C=O) groups excluding carboxylic acids is 1. The monoisotopic (exact) mass is 381 g/mol. The second-order valence-electron chi connectivity index (χ2n) is 8.85. The Morgan fingerprint density at radius 1 is 1.11 bits per heavy atom. The Morgan fingerprint density at radius 3 is 2.50 bits per heavy atom. The molecule has 1 aromatic rings. The van der Waals surface area contributed by atoms with Gasteiger partial charge in [-0.2, -0.15) is 5.26 Å². The second-order valence-corrected chi connectivity index (χ2v) is 8.85. The summed E-state index contributed by atoms with van der Waals surface area (Å²) in [6.07, 6.45) is 12.2. The Kier molecular flexibility index (Phi) is 7.54. The zero-order valence-electron chi connectivity index (χ0n) is 17.4. The molecule has 152 valence electrons. The Bertz CT molecular complexity index is 665. The summed E-state index contributed by atoms with van der Waals surface area (Å²) in [5.41, 5.74) is 1.10. The van der Waals surface area contributed by atoms with Gasteiger partial charge in [0.05, 0.1) is 18.1 Å². The van der Waals surface area contributed by atoms with Crippen molar-refractivity contribution in [2.24, 2.45) is 11.3 Å². The van der Waals surface area contributed by atoms with Crippen LogP contribution in [0.1, 0.15) is 95.5 Å². The number of benzene rings is 1. The standard InChI is InChI=1S/C25H35NO2/c1-2-3-4-5-17-28-24-11-9-20(10-12-24)21-13-15-25(19-26,16-14-21)22-7-6-8-23(27)18-22/h9-12,21-22H,2-8,13-18H2,1H3/t21?,22-,25?/m1/s1. The van der Waals surface area contributed by atoms with Crippen LogP contribution in [-0.2, 0) is 4.79 Å². The van der Waals surface area contributed by atoms with Crippen molar-refractivity contribution in [2.45, 2.75) is 89.9 Å². The lowest BCUT2D eigenvalue weighted by Crippen LogP contribution is -2.36. The number of carbonyl (C=O) groups is 1. The molecule has 2 fully saturated rings. The summed E-state index contributed by atoms with van der Waals surface area (Å²) in [6.45, 7) is 3.02. The van der Waals surface area contributed by atoms with Crippen LogP contribution in [0.4, 0.5) is 0 Å². The highest BCUT2D eigenvalue weighted by Crippen LogP contribution is 2.50. The van der Waals surface area contributed by atoms with Gasteiger partial charge in [0, 0.05) is 12.8 Å². The van der Waals surface area contributed by atoms with E-state index in [0.717, 1.165) is 57.3 Å². The van der Waals surface area contributed by atoms with E-state index in [1.165, 1.54) is 24.8 Å². The number of unbranched alkanes of at least 4 members (excludes halogenated alkanes) is 3. The minimum Gasteiger partial charge on any atom is -0.494 e. The molecule has 3 nitrogen and oxygen atoms in total. The van der Waals surface area contributed by atoms with Gasteiger partial charge in [0.1, 0.15) is 11.5 Å². The first kappa shape index (κ1) is 20.9.